The van der Waals surface area contributed by atoms with Crippen LogP contribution >= 0.6 is 0 Å². The van der Waals surface area contributed by atoms with Gasteiger partial charge in [0.25, 0.3) is 0 Å². The summed E-state index contributed by atoms with van der Waals surface area (Å²) in [4.78, 5) is 0. The van der Waals surface area contributed by atoms with E-state index in [9.17, 15) is 8.42 Å². The van der Waals surface area contributed by atoms with Crippen LogP contribution in [0.15, 0.2) is 6.20 Å². The van der Waals surface area contributed by atoms with Crippen molar-refractivity contribution in [3.8, 4) is 0 Å². The van der Waals surface area contributed by atoms with Gasteiger partial charge in [0.1, 0.15) is 0 Å². The van der Waals surface area contributed by atoms with E-state index in [2.05, 4.69) is 10.3 Å². The molecule has 108 valence electrons. The Kier molecular flexibility index (Phi) is 4.89. The maximum Gasteiger partial charge on any atom is 0.150 e. The summed E-state index contributed by atoms with van der Waals surface area (Å²) < 4.78 is 29.8. The summed E-state index contributed by atoms with van der Waals surface area (Å²) in [5.41, 5.74) is 0.756. The molecule has 0 atom stereocenters. The van der Waals surface area contributed by atoms with Gasteiger partial charge < -0.3 is 9.84 Å². The Labute approximate surface area is 112 Å². The van der Waals surface area contributed by atoms with Gasteiger partial charge in [-0.1, -0.05) is 5.21 Å². The number of aliphatic hydroxyl groups is 1. The SMILES string of the molecule is O=S1(=O)CCC(OCCn2cc(CCO)nn2)CC1. The predicted molar refractivity (Wildman–Crippen MR) is 68.4 cm³/mol. The number of sulfone groups is 1. The Morgan fingerprint density at radius 3 is 2.84 bits per heavy atom. The summed E-state index contributed by atoms with van der Waals surface area (Å²) in [6.45, 7) is 1.14. The van der Waals surface area contributed by atoms with E-state index in [1.165, 1.54) is 0 Å². The lowest BCUT2D eigenvalue weighted by Crippen LogP contribution is -2.29. The van der Waals surface area contributed by atoms with Gasteiger partial charge in [0.05, 0.1) is 36.5 Å². The first-order valence-electron chi connectivity index (χ1n) is 6.41. The standard InChI is InChI=1S/C11H19N3O4S/c15-5-1-10-9-14(13-12-10)4-6-18-11-2-7-19(16,17)8-3-11/h9,11,15H,1-8H2. The highest BCUT2D eigenvalue weighted by atomic mass is 32.2. The van der Waals surface area contributed by atoms with Crippen LogP contribution in [0.1, 0.15) is 18.5 Å². The summed E-state index contributed by atoms with van der Waals surface area (Å²) in [5.74, 6) is 0.448. The van der Waals surface area contributed by atoms with Gasteiger partial charge in [0.15, 0.2) is 9.84 Å². The van der Waals surface area contributed by atoms with Crippen molar-refractivity contribution in [2.75, 3.05) is 24.7 Å². The molecule has 1 N–H and O–H groups in total. The zero-order chi connectivity index (χ0) is 13.7. The van der Waals surface area contributed by atoms with Crippen LogP contribution in [0.2, 0.25) is 0 Å². The van der Waals surface area contributed by atoms with E-state index >= 15 is 0 Å². The second kappa shape index (κ2) is 6.44. The van der Waals surface area contributed by atoms with Crippen LogP contribution in [0.4, 0.5) is 0 Å². The molecule has 1 aromatic rings. The number of aliphatic hydroxyl groups excluding tert-OH is 1. The molecule has 0 bridgehead atoms. The minimum atomic E-state index is -2.83. The highest BCUT2D eigenvalue weighted by molar-refractivity contribution is 7.91. The third-order valence-corrected chi connectivity index (χ3v) is 4.85. The third-order valence-electron chi connectivity index (χ3n) is 3.13. The zero-order valence-corrected chi connectivity index (χ0v) is 11.5. The maximum atomic E-state index is 11.3. The van der Waals surface area contributed by atoms with Crippen LogP contribution in [0.3, 0.4) is 0 Å². The Balaban J connectivity index is 1.69. The molecule has 2 heterocycles. The molecule has 1 aliphatic heterocycles. The molecule has 8 heteroatoms. The maximum absolute atomic E-state index is 11.3. The van der Waals surface area contributed by atoms with Gasteiger partial charge in [-0.25, -0.2) is 13.1 Å². The van der Waals surface area contributed by atoms with Crippen molar-refractivity contribution in [1.29, 1.82) is 0 Å². The molecule has 0 aromatic carbocycles. The topological polar surface area (TPSA) is 94.3 Å². The van der Waals surface area contributed by atoms with E-state index in [1.807, 2.05) is 0 Å². The van der Waals surface area contributed by atoms with Crippen LogP contribution in [-0.2, 0) is 27.5 Å². The first kappa shape index (κ1) is 14.4. The van der Waals surface area contributed by atoms with E-state index in [1.54, 1.807) is 10.9 Å². The van der Waals surface area contributed by atoms with Gasteiger partial charge in [-0.3, -0.25) is 0 Å². The smallest absolute Gasteiger partial charge is 0.150 e. The number of hydrogen-bond acceptors (Lipinski definition) is 6. The summed E-state index contributed by atoms with van der Waals surface area (Å²) in [7, 11) is -2.83. The molecule has 2 rings (SSSR count). The van der Waals surface area contributed by atoms with E-state index in [4.69, 9.17) is 9.84 Å². The van der Waals surface area contributed by atoms with Crippen LogP contribution in [0.25, 0.3) is 0 Å². The fourth-order valence-electron chi connectivity index (χ4n) is 2.02. The van der Waals surface area contributed by atoms with Crippen LogP contribution < -0.4 is 0 Å². The summed E-state index contributed by atoms with van der Waals surface area (Å²) in [6, 6.07) is 0. The third kappa shape index (κ3) is 4.55. The highest BCUT2D eigenvalue weighted by Gasteiger charge is 2.23. The van der Waals surface area contributed by atoms with E-state index in [0.717, 1.165) is 5.69 Å². The fraction of sp³-hybridized carbons (Fsp3) is 0.818. The Bertz CT molecular complexity index is 486. The number of hydrogen-bond donors (Lipinski definition) is 1. The predicted octanol–water partition coefficient (Wildman–Crippen LogP) is -0.593. The van der Waals surface area contributed by atoms with Crippen molar-refractivity contribution in [2.24, 2.45) is 0 Å². The molecule has 19 heavy (non-hydrogen) atoms. The average Bonchev–Trinajstić information content (AvgIpc) is 2.80. The number of rotatable bonds is 6. The molecule has 0 unspecified atom stereocenters. The molecule has 0 saturated carbocycles. The van der Waals surface area contributed by atoms with E-state index in [-0.39, 0.29) is 24.2 Å². The monoisotopic (exact) mass is 289 g/mol. The van der Waals surface area contributed by atoms with Crippen LogP contribution in [0.5, 0.6) is 0 Å². The number of ether oxygens (including phenoxy) is 1. The van der Waals surface area contributed by atoms with Gasteiger partial charge in [0.2, 0.25) is 0 Å². The first-order valence-corrected chi connectivity index (χ1v) is 8.23. The van der Waals surface area contributed by atoms with Gasteiger partial charge in [-0.2, -0.15) is 0 Å². The summed E-state index contributed by atoms with van der Waals surface area (Å²) in [5, 5.41) is 16.6. The average molecular weight is 289 g/mol. The largest absolute Gasteiger partial charge is 0.396 e. The lowest BCUT2D eigenvalue weighted by atomic mass is 10.2. The molecule has 1 saturated heterocycles. The Hall–Kier alpha value is -0.990. The molecule has 1 aromatic heterocycles. The summed E-state index contributed by atoms with van der Waals surface area (Å²) in [6.07, 6.45) is 3.47. The quantitative estimate of drug-likeness (QED) is 0.752. The highest BCUT2D eigenvalue weighted by Crippen LogP contribution is 2.15. The summed E-state index contributed by atoms with van der Waals surface area (Å²) >= 11 is 0. The second-order valence-electron chi connectivity index (χ2n) is 4.67. The molecular formula is C11H19N3O4S. The van der Waals surface area contributed by atoms with Crippen molar-refractivity contribution < 1.29 is 18.3 Å². The van der Waals surface area contributed by atoms with Crippen molar-refractivity contribution in [3.63, 3.8) is 0 Å². The Morgan fingerprint density at radius 2 is 2.16 bits per heavy atom. The Morgan fingerprint density at radius 1 is 1.42 bits per heavy atom. The molecule has 7 nitrogen and oxygen atoms in total. The van der Waals surface area contributed by atoms with Crippen molar-refractivity contribution in [2.45, 2.75) is 31.9 Å². The van der Waals surface area contributed by atoms with Crippen molar-refractivity contribution in [3.05, 3.63) is 11.9 Å². The molecule has 0 amide bonds. The van der Waals surface area contributed by atoms with E-state index < -0.39 is 9.84 Å². The second-order valence-corrected chi connectivity index (χ2v) is 6.97. The molecule has 1 fully saturated rings. The van der Waals surface area contributed by atoms with Gasteiger partial charge >= 0.3 is 0 Å². The van der Waals surface area contributed by atoms with Crippen LogP contribution in [-0.4, -0.2) is 59.3 Å². The normalized spacial score (nSPS) is 19.6. The fourth-order valence-corrected chi connectivity index (χ4v) is 3.47. The van der Waals surface area contributed by atoms with E-state index in [0.29, 0.717) is 32.4 Å². The molecule has 0 radical (unpaired) electrons. The molecule has 1 aliphatic rings. The lowest BCUT2D eigenvalue weighted by Gasteiger charge is -2.22. The molecule has 0 aliphatic carbocycles. The van der Waals surface area contributed by atoms with Crippen molar-refractivity contribution in [1.82, 2.24) is 15.0 Å². The lowest BCUT2D eigenvalue weighted by molar-refractivity contribution is 0.0402. The first-order chi connectivity index (χ1) is 9.09. The number of aromatic nitrogens is 3. The molecular weight excluding hydrogens is 270 g/mol. The van der Waals surface area contributed by atoms with Gasteiger partial charge in [-0.05, 0) is 12.8 Å². The van der Waals surface area contributed by atoms with Crippen LogP contribution in [0, 0.1) is 0 Å². The number of nitrogens with zero attached hydrogens (tertiary/aromatic N) is 3. The minimum Gasteiger partial charge on any atom is -0.396 e. The zero-order valence-electron chi connectivity index (χ0n) is 10.7. The minimum absolute atomic E-state index is 0.0314. The van der Waals surface area contributed by atoms with Gasteiger partial charge in [0, 0.05) is 19.2 Å². The van der Waals surface area contributed by atoms with Gasteiger partial charge in [-0.15, -0.1) is 5.10 Å². The molecule has 0 spiro atoms. The van der Waals surface area contributed by atoms with Crippen molar-refractivity contribution >= 4 is 9.84 Å².